The third-order valence-electron chi connectivity index (χ3n) is 4.08. The van der Waals surface area contributed by atoms with E-state index in [0.717, 1.165) is 21.5 Å². The molecule has 0 saturated carbocycles. The van der Waals surface area contributed by atoms with Crippen molar-refractivity contribution < 1.29 is 64.4 Å². The second kappa shape index (κ2) is 6.66. The normalized spacial score (nSPS) is 11.8. The van der Waals surface area contributed by atoms with Crippen LogP contribution >= 0.6 is 11.6 Å². The number of hydrogen-bond donors (Lipinski definition) is 0. The van der Waals surface area contributed by atoms with Crippen LogP contribution in [-0.2, 0) is 10.1 Å². The maximum atomic E-state index is 11.6. The van der Waals surface area contributed by atoms with Gasteiger partial charge in [-0.15, -0.1) is 0 Å². The van der Waals surface area contributed by atoms with E-state index in [1.807, 2.05) is 42.5 Å². The fraction of sp³-hybridized carbons (Fsp3) is 0. The predicted molar refractivity (Wildman–Crippen MR) is 91.9 cm³/mol. The van der Waals surface area contributed by atoms with Crippen LogP contribution in [0.15, 0.2) is 65.6 Å². The van der Waals surface area contributed by atoms with Crippen LogP contribution in [-0.4, -0.2) is 13.0 Å². The van der Waals surface area contributed by atoms with Crippen molar-refractivity contribution in [3.8, 4) is 0 Å². The molecule has 0 saturated heterocycles. The van der Waals surface area contributed by atoms with E-state index in [4.69, 9.17) is 11.6 Å². The molecule has 0 unspecified atom stereocenters. The van der Waals surface area contributed by atoms with Gasteiger partial charge < -0.3 is 4.55 Å². The van der Waals surface area contributed by atoms with Crippen molar-refractivity contribution in [3.63, 3.8) is 0 Å². The topological polar surface area (TPSA) is 57.2 Å². The zero-order chi connectivity index (χ0) is 16.2. The Morgan fingerprint density at radius 3 is 2.00 bits per heavy atom. The molecule has 0 aromatic heterocycles. The van der Waals surface area contributed by atoms with Crippen LogP contribution in [0.2, 0.25) is 5.02 Å². The minimum atomic E-state index is -4.65. The van der Waals surface area contributed by atoms with Crippen LogP contribution in [0.5, 0.6) is 0 Å². The van der Waals surface area contributed by atoms with Gasteiger partial charge in [0.1, 0.15) is 10.1 Å². The van der Waals surface area contributed by atoms with Gasteiger partial charge in [0.2, 0.25) is 0 Å². The summed E-state index contributed by atoms with van der Waals surface area (Å²) in [5, 5.41) is 5.09. The SMILES string of the molecule is O=S(=O)([O-])c1c(Cl)ccc2c1ccc1c3ccccc3ccc21.[K+]. The Morgan fingerprint density at radius 1 is 0.708 bits per heavy atom. The first-order valence-corrected chi connectivity index (χ1v) is 8.74. The summed E-state index contributed by atoms with van der Waals surface area (Å²) in [6.45, 7) is 0. The van der Waals surface area contributed by atoms with Crippen molar-refractivity contribution in [2.24, 2.45) is 0 Å². The van der Waals surface area contributed by atoms with E-state index in [0.29, 0.717) is 10.8 Å². The maximum absolute atomic E-state index is 11.6. The van der Waals surface area contributed by atoms with Crippen LogP contribution < -0.4 is 51.4 Å². The van der Waals surface area contributed by atoms with Crippen LogP contribution in [0, 0.1) is 0 Å². The molecule has 0 amide bonds. The van der Waals surface area contributed by atoms with Gasteiger partial charge in [-0.1, -0.05) is 66.2 Å². The van der Waals surface area contributed by atoms with Crippen molar-refractivity contribution in [2.45, 2.75) is 4.90 Å². The number of hydrogen-bond acceptors (Lipinski definition) is 3. The Labute approximate surface area is 186 Å². The molecule has 24 heavy (non-hydrogen) atoms. The average Bonchev–Trinajstić information content (AvgIpc) is 2.52. The van der Waals surface area contributed by atoms with E-state index in [1.165, 1.54) is 6.07 Å². The van der Waals surface area contributed by atoms with Gasteiger partial charge in [0.05, 0.1) is 9.92 Å². The van der Waals surface area contributed by atoms with Crippen LogP contribution in [0.25, 0.3) is 32.3 Å². The van der Waals surface area contributed by atoms with Gasteiger partial charge in [0.25, 0.3) is 0 Å². The quantitative estimate of drug-likeness (QED) is 0.287. The molecular weight excluding hydrogens is 371 g/mol. The Bertz CT molecular complexity index is 1200. The predicted octanol–water partition coefficient (Wildman–Crippen LogP) is 1.71. The second-order valence-corrected chi connectivity index (χ2v) is 7.10. The van der Waals surface area contributed by atoms with Crippen molar-refractivity contribution in [1.29, 1.82) is 0 Å². The fourth-order valence-corrected chi connectivity index (χ4v) is 4.31. The molecule has 114 valence electrons. The van der Waals surface area contributed by atoms with Crippen LogP contribution in [0.3, 0.4) is 0 Å². The number of rotatable bonds is 1. The molecule has 0 aliphatic carbocycles. The number of benzene rings is 4. The fourth-order valence-electron chi connectivity index (χ4n) is 3.10. The van der Waals surface area contributed by atoms with Gasteiger partial charge in [-0.05, 0) is 33.0 Å². The Kier molecular flexibility index (Phi) is 5.08. The number of fused-ring (bicyclic) bond motifs is 5. The van der Waals surface area contributed by atoms with Gasteiger partial charge in [-0.25, -0.2) is 8.42 Å². The Morgan fingerprint density at radius 2 is 1.25 bits per heavy atom. The molecule has 4 rings (SSSR count). The molecule has 0 aliphatic heterocycles. The van der Waals surface area contributed by atoms with E-state index < -0.39 is 10.1 Å². The smallest absolute Gasteiger partial charge is 0.744 e. The zero-order valence-electron chi connectivity index (χ0n) is 12.8. The van der Waals surface area contributed by atoms with Gasteiger partial charge in [-0.3, -0.25) is 0 Å². The van der Waals surface area contributed by atoms with Crippen molar-refractivity contribution in [2.75, 3.05) is 0 Å². The molecule has 0 atom stereocenters. The standard InChI is InChI=1S/C18H11ClO3S.K/c19-17-10-9-15-14-6-5-11-3-1-2-4-12(11)13(14)7-8-16(15)18(17)23(20,21)22;/h1-10H,(H,20,21,22);/q;+1/p-1. The van der Waals surface area contributed by atoms with Gasteiger partial charge in [-0.2, -0.15) is 0 Å². The van der Waals surface area contributed by atoms with E-state index in [2.05, 4.69) is 0 Å². The molecule has 0 N–H and O–H groups in total. The molecule has 0 fully saturated rings. The van der Waals surface area contributed by atoms with Gasteiger partial charge >= 0.3 is 51.4 Å². The van der Waals surface area contributed by atoms with E-state index in [-0.39, 0.29) is 61.3 Å². The molecule has 4 aromatic rings. The molecule has 4 aromatic carbocycles. The molecule has 0 heterocycles. The Balaban J connectivity index is 0.00000169. The van der Waals surface area contributed by atoms with Crippen molar-refractivity contribution >= 4 is 54.0 Å². The summed E-state index contributed by atoms with van der Waals surface area (Å²) >= 11 is 5.95. The van der Waals surface area contributed by atoms with E-state index in [9.17, 15) is 13.0 Å². The summed E-state index contributed by atoms with van der Waals surface area (Å²) in [4.78, 5) is -0.355. The van der Waals surface area contributed by atoms with Crippen molar-refractivity contribution in [3.05, 3.63) is 65.7 Å². The zero-order valence-corrected chi connectivity index (χ0v) is 17.5. The maximum Gasteiger partial charge on any atom is 1.00 e. The average molecular weight is 381 g/mol. The van der Waals surface area contributed by atoms with Crippen molar-refractivity contribution in [1.82, 2.24) is 0 Å². The third kappa shape index (κ3) is 2.93. The molecule has 0 bridgehead atoms. The summed E-state index contributed by atoms with van der Waals surface area (Å²) in [6, 6.07) is 18.6. The molecule has 0 spiro atoms. The minimum Gasteiger partial charge on any atom is -0.744 e. The Hall–Kier alpha value is -0.504. The van der Waals surface area contributed by atoms with Gasteiger partial charge in [0, 0.05) is 5.39 Å². The minimum absolute atomic E-state index is 0. The molecular formula is C18H10ClKO3S. The summed E-state index contributed by atoms with van der Waals surface area (Å²) in [5.41, 5.74) is 0. The second-order valence-electron chi connectivity index (χ2n) is 5.37. The van der Waals surface area contributed by atoms with Crippen LogP contribution in [0.1, 0.15) is 0 Å². The summed E-state index contributed by atoms with van der Waals surface area (Å²) in [7, 11) is -4.65. The van der Waals surface area contributed by atoms with E-state index >= 15 is 0 Å². The number of halogens is 1. The summed E-state index contributed by atoms with van der Waals surface area (Å²) in [6.07, 6.45) is 0. The molecule has 3 nitrogen and oxygen atoms in total. The first-order valence-electron chi connectivity index (χ1n) is 6.95. The first kappa shape index (κ1) is 18.3. The largest absolute Gasteiger partial charge is 1.00 e. The van der Waals surface area contributed by atoms with E-state index in [1.54, 1.807) is 12.1 Å². The summed E-state index contributed by atoms with van der Waals surface area (Å²) in [5.74, 6) is 0. The first-order chi connectivity index (χ1) is 11.0. The molecule has 0 radical (unpaired) electrons. The summed E-state index contributed by atoms with van der Waals surface area (Å²) < 4.78 is 34.7. The molecule has 0 aliphatic rings. The molecule has 6 heteroatoms. The monoisotopic (exact) mass is 380 g/mol. The van der Waals surface area contributed by atoms with Crippen LogP contribution in [0.4, 0.5) is 0 Å². The third-order valence-corrected chi connectivity index (χ3v) is 5.44. The van der Waals surface area contributed by atoms with Gasteiger partial charge in [0.15, 0.2) is 0 Å².